The lowest BCUT2D eigenvalue weighted by atomic mass is 9.95. The summed E-state index contributed by atoms with van der Waals surface area (Å²) in [6.07, 6.45) is 6.70. The van der Waals surface area contributed by atoms with Crippen LogP contribution < -0.4 is 0 Å². The fourth-order valence-electron chi connectivity index (χ4n) is 3.01. The van der Waals surface area contributed by atoms with E-state index in [9.17, 15) is 0 Å². The van der Waals surface area contributed by atoms with Gasteiger partial charge in [0.25, 0.3) is 0 Å². The highest BCUT2D eigenvalue weighted by molar-refractivity contribution is 5.82. The first-order valence-electron chi connectivity index (χ1n) is 6.71. The monoisotopic (exact) mass is 228 g/mol. The lowest BCUT2D eigenvalue weighted by Gasteiger charge is -2.22. The number of rotatable bonds is 1. The normalized spacial score (nSPS) is 17.8. The molecule has 0 spiro atoms. The quantitative estimate of drug-likeness (QED) is 0.716. The third-order valence-electron chi connectivity index (χ3n) is 3.97. The Kier molecular flexibility index (Phi) is 2.65. The summed E-state index contributed by atoms with van der Waals surface area (Å²) in [6, 6.07) is 7.31. The highest BCUT2D eigenvalue weighted by Gasteiger charge is 2.19. The molecule has 1 aromatic heterocycles. The summed E-state index contributed by atoms with van der Waals surface area (Å²) in [4.78, 5) is 0. The van der Waals surface area contributed by atoms with E-state index in [2.05, 4.69) is 36.7 Å². The minimum atomic E-state index is 0.627. The van der Waals surface area contributed by atoms with Crippen molar-refractivity contribution in [3.05, 3.63) is 29.5 Å². The minimum Gasteiger partial charge on any atom is -0.262 e. The van der Waals surface area contributed by atoms with Gasteiger partial charge in [0.2, 0.25) is 0 Å². The molecule has 1 heterocycles. The Morgan fingerprint density at radius 3 is 2.65 bits per heavy atom. The molecular weight excluding hydrogens is 208 g/mol. The molecule has 0 aliphatic heterocycles. The van der Waals surface area contributed by atoms with E-state index in [4.69, 9.17) is 5.10 Å². The summed E-state index contributed by atoms with van der Waals surface area (Å²) in [5.41, 5.74) is 3.83. The first-order valence-corrected chi connectivity index (χ1v) is 6.71. The van der Waals surface area contributed by atoms with E-state index in [-0.39, 0.29) is 0 Å². The van der Waals surface area contributed by atoms with Crippen molar-refractivity contribution in [2.24, 2.45) is 0 Å². The van der Waals surface area contributed by atoms with Gasteiger partial charge >= 0.3 is 0 Å². The molecule has 1 aromatic carbocycles. The predicted molar refractivity (Wildman–Crippen MR) is 71.3 cm³/mol. The van der Waals surface area contributed by atoms with Gasteiger partial charge in [-0.1, -0.05) is 31.4 Å². The molecule has 1 aliphatic rings. The molecule has 2 aromatic rings. The zero-order valence-corrected chi connectivity index (χ0v) is 10.7. The van der Waals surface area contributed by atoms with E-state index in [1.165, 1.54) is 54.3 Å². The molecular formula is C15H20N2. The number of nitrogens with zero attached hydrogens (tertiary/aromatic N) is 2. The molecule has 3 rings (SSSR count). The summed E-state index contributed by atoms with van der Waals surface area (Å²) >= 11 is 0. The van der Waals surface area contributed by atoms with Crippen molar-refractivity contribution in [3.8, 4) is 0 Å². The van der Waals surface area contributed by atoms with E-state index in [1.807, 2.05) is 0 Å². The topological polar surface area (TPSA) is 17.8 Å². The van der Waals surface area contributed by atoms with Gasteiger partial charge in [-0.15, -0.1) is 0 Å². The third-order valence-corrected chi connectivity index (χ3v) is 3.97. The Morgan fingerprint density at radius 1 is 1.12 bits per heavy atom. The molecule has 0 amide bonds. The van der Waals surface area contributed by atoms with E-state index >= 15 is 0 Å². The third kappa shape index (κ3) is 1.86. The molecule has 1 fully saturated rings. The number of hydrogen-bond donors (Lipinski definition) is 0. The van der Waals surface area contributed by atoms with Crippen LogP contribution in [0.2, 0.25) is 0 Å². The summed E-state index contributed by atoms with van der Waals surface area (Å²) in [7, 11) is 0. The van der Waals surface area contributed by atoms with Crippen LogP contribution in [0.5, 0.6) is 0 Å². The molecule has 1 saturated carbocycles. The molecule has 0 atom stereocenters. The largest absolute Gasteiger partial charge is 0.262 e. The summed E-state index contributed by atoms with van der Waals surface area (Å²) in [6.45, 7) is 4.28. The van der Waals surface area contributed by atoms with Crippen molar-refractivity contribution in [1.82, 2.24) is 9.78 Å². The van der Waals surface area contributed by atoms with Crippen LogP contribution in [0.25, 0.3) is 10.9 Å². The number of aromatic nitrogens is 2. The number of hydrogen-bond acceptors (Lipinski definition) is 1. The first-order chi connectivity index (χ1) is 8.25. The van der Waals surface area contributed by atoms with Crippen molar-refractivity contribution >= 4 is 10.9 Å². The molecule has 90 valence electrons. The van der Waals surface area contributed by atoms with Gasteiger partial charge < -0.3 is 0 Å². The second-order valence-corrected chi connectivity index (χ2v) is 5.34. The summed E-state index contributed by atoms with van der Waals surface area (Å²) < 4.78 is 2.29. The van der Waals surface area contributed by atoms with Crippen LogP contribution in [0, 0.1) is 13.8 Å². The molecule has 0 saturated heterocycles. The maximum atomic E-state index is 4.77. The van der Waals surface area contributed by atoms with Crippen LogP contribution in [0.3, 0.4) is 0 Å². The highest BCUT2D eigenvalue weighted by atomic mass is 15.3. The van der Waals surface area contributed by atoms with Gasteiger partial charge in [0.15, 0.2) is 0 Å². The van der Waals surface area contributed by atoms with Crippen LogP contribution in [-0.2, 0) is 0 Å². The van der Waals surface area contributed by atoms with Gasteiger partial charge in [-0.05, 0) is 38.3 Å². The van der Waals surface area contributed by atoms with Crippen LogP contribution in [0.15, 0.2) is 18.2 Å². The van der Waals surface area contributed by atoms with Crippen LogP contribution in [-0.4, -0.2) is 9.78 Å². The molecule has 2 nitrogen and oxygen atoms in total. The Bertz CT molecular complexity index is 533. The standard InChI is InChI=1S/C15H20N2/c1-11-8-9-14-12(2)16-17(15(14)10-11)13-6-4-3-5-7-13/h8-10,13H,3-7H2,1-2H3. The average Bonchev–Trinajstić information content (AvgIpc) is 2.67. The Labute approximate surface area is 103 Å². The van der Waals surface area contributed by atoms with Gasteiger partial charge in [0, 0.05) is 5.39 Å². The molecule has 1 aliphatic carbocycles. The molecule has 2 heteroatoms. The van der Waals surface area contributed by atoms with Crippen LogP contribution in [0.4, 0.5) is 0 Å². The molecule has 0 radical (unpaired) electrons. The van der Waals surface area contributed by atoms with Crippen molar-refractivity contribution in [2.75, 3.05) is 0 Å². The molecule has 0 bridgehead atoms. The van der Waals surface area contributed by atoms with Gasteiger partial charge in [-0.2, -0.15) is 5.10 Å². The lowest BCUT2D eigenvalue weighted by Crippen LogP contribution is -2.14. The first kappa shape index (κ1) is 10.8. The number of aryl methyl sites for hydroxylation is 2. The molecule has 0 N–H and O–H groups in total. The molecule has 0 unspecified atom stereocenters. The van der Waals surface area contributed by atoms with E-state index < -0.39 is 0 Å². The second-order valence-electron chi connectivity index (χ2n) is 5.34. The maximum absolute atomic E-state index is 4.77. The van der Waals surface area contributed by atoms with Crippen molar-refractivity contribution in [2.45, 2.75) is 52.0 Å². The zero-order chi connectivity index (χ0) is 11.8. The van der Waals surface area contributed by atoms with Crippen molar-refractivity contribution in [1.29, 1.82) is 0 Å². The highest BCUT2D eigenvalue weighted by Crippen LogP contribution is 2.31. The maximum Gasteiger partial charge on any atom is 0.0691 e. The SMILES string of the molecule is Cc1ccc2c(C)nn(C3CCCCC3)c2c1. The smallest absolute Gasteiger partial charge is 0.0691 e. The Balaban J connectivity index is 2.11. The van der Waals surface area contributed by atoms with Crippen LogP contribution >= 0.6 is 0 Å². The van der Waals surface area contributed by atoms with Crippen molar-refractivity contribution < 1.29 is 0 Å². The lowest BCUT2D eigenvalue weighted by molar-refractivity contribution is 0.336. The fourth-order valence-corrected chi connectivity index (χ4v) is 3.01. The van der Waals surface area contributed by atoms with Crippen molar-refractivity contribution in [3.63, 3.8) is 0 Å². The van der Waals surface area contributed by atoms with E-state index in [0.29, 0.717) is 6.04 Å². The van der Waals surface area contributed by atoms with Gasteiger partial charge in [0.1, 0.15) is 0 Å². The van der Waals surface area contributed by atoms with E-state index in [0.717, 1.165) is 0 Å². The summed E-state index contributed by atoms with van der Waals surface area (Å²) in [5, 5.41) is 6.09. The Morgan fingerprint density at radius 2 is 1.88 bits per heavy atom. The number of benzene rings is 1. The Hall–Kier alpha value is -1.31. The van der Waals surface area contributed by atoms with Crippen LogP contribution in [0.1, 0.15) is 49.4 Å². The van der Waals surface area contributed by atoms with E-state index in [1.54, 1.807) is 0 Å². The van der Waals surface area contributed by atoms with Gasteiger partial charge in [-0.3, -0.25) is 4.68 Å². The average molecular weight is 228 g/mol. The second kappa shape index (κ2) is 4.17. The fraction of sp³-hybridized carbons (Fsp3) is 0.533. The van der Waals surface area contributed by atoms with Gasteiger partial charge in [-0.25, -0.2) is 0 Å². The zero-order valence-electron chi connectivity index (χ0n) is 10.7. The minimum absolute atomic E-state index is 0.627. The number of fused-ring (bicyclic) bond motifs is 1. The predicted octanol–water partition coefficient (Wildman–Crippen LogP) is 4.16. The van der Waals surface area contributed by atoms with Gasteiger partial charge in [0.05, 0.1) is 17.3 Å². The summed E-state index contributed by atoms with van der Waals surface area (Å²) in [5.74, 6) is 0. The molecule has 17 heavy (non-hydrogen) atoms.